The molecule has 0 N–H and O–H groups in total. The van der Waals surface area contributed by atoms with Gasteiger partial charge in [0.05, 0.1) is 0 Å². The highest BCUT2D eigenvalue weighted by Crippen LogP contribution is 2.21. The van der Waals surface area contributed by atoms with Gasteiger partial charge >= 0.3 is 0 Å². The average Bonchev–Trinajstić information content (AvgIpc) is 2.93. The second kappa shape index (κ2) is 7.49. The lowest BCUT2D eigenvalue weighted by Crippen LogP contribution is -2.48. The van der Waals surface area contributed by atoms with Gasteiger partial charge in [0.25, 0.3) is 0 Å². The SMILES string of the molecule is O=C(CCCCBr)N1CCCC(N2CCCC2)C1. The van der Waals surface area contributed by atoms with Crippen LogP contribution in [0.1, 0.15) is 44.9 Å². The summed E-state index contributed by atoms with van der Waals surface area (Å²) in [6, 6.07) is 0.640. The molecule has 0 aromatic rings. The maximum absolute atomic E-state index is 12.1. The lowest BCUT2D eigenvalue weighted by Gasteiger charge is -2.37. The molecular weight excluding hydrogens is 292 g/mol. The summed E-state index contributed by atoms with van der Waals surface area (Å²) in [5.41, 5.74) is 0. The second-order valence-corrected chi connectivity index (χ2v) is 6.32. The van der Waals surface area contributed by atoms with Crippen LogP contribution in [-0.2, 0) is 4.79 Å². The van der Waals surface area contributed by atoms with E-state index in [1.54, 1.807) is 0 Å². The number of likely N-dealkylation sites (tertiary alicyclic amines) is 2. The van der Waals surface area contributed by atoms with E-state index in [9.17, 15) is 4.79 Å². The topological polar surface area (TPSA) is 23.6 Å². The zero-order valence-electron chi connectivity index (χ0n) is 11.2. The van der Waals surface area contributed by atoms with E-state index in [0.29, 0.717) is 11.9 Å². The molecule has 2 rings (SSSR count). The highest BCUT2D eigenvalue weighted by atomic mass is 79.9. The molecule has 0 bridgehead atoms. The smallest absolute Gasteiger partial charge is 0.222 e. The minimum atomic E-state index is 0.375. The first-order valence-electron chi connectivity index (χ1n) is 7.39. The van der Waals surface area contributed by atoms with Crippen molar-refractivity contribution in [2.45, 2.75) is 51.0 Å². The predicted molar refractivity (Wildman–Crippen MR) is 78.1 cm³/mol. The third kappa shape index (κ3) is 3.95. The van der Waals surface area contributed by atoms with Crippen LogP contribution in [0.3, 0.4) is 0 Å². The van der Waals surface area contributed by atoms with Gasteiger partial charge in [-0.2, -0.15) is 0 Å². The van der Waals surface area contributed by atoms with E-state index in [4.69, 9.17) is 0 Å². The van der Waals surface area contributed by atoms with E-state index in [1.807, 2.05) is 0 Å². The van der Waals surface area contributed by atoms with Crippen LogP contribution in [0.15, 0.2) is 0 Å². The first-order chi connectivity index (χ1) is 8.81. The van der Waals surface area contributed by atoms with Crippen molar-refractivity contribution >= 4 is 21.8 Å². The number of halogens is 1. The summed E-state index contributed by atoms with van der Waals surface area (Å²) in [7, 11) is 0. The molecule has 0 radical (unpaired) electrons. The molecule has 2 aliphatic rings. The molecule has 0 spiro atoms. The van der Waals surface area contributed by atoms with Crippen LogP contribution in [-0.4, -0.2) is 53.3 Å². The van der Waals surface area contributed by atoms with Gasteiger partial charge in [-0.1, -0.05) is 15.9 Å². The van der Waals surface area contributed by atoms with Crippen LogP contribution in [0.25, 0.3) is 0 Å². The Hall–Kier alpha value is -0.0900. The molecule has 2 fully saturated rings. The summed E-state index contributed by atoms with van der Waals surface area (Å²) in [5.74, 6) is 0.375. The van der Waals surface area contributed by atoms with E-state index < -0.39 is 0 Å². The molecule has 2 saturated heterocycles. The van der Waals surface area contributed by atoms with E-state index in [-0.39, 0.29) is 0 Å². The molecule has 3 nitrogen and oxygen atoms in total. The Morgan fingerprint density at radius 1 is 1.11 bits per heavy atom. The van der Waals surface area contributed by atoms with Crippen molar-refractivity contribution in [1.29, 1.82) is 0 Å². The summed E-state index contributed by atoms with van der Waals surface area (Å²) in [6.07, 6.45) is 8.02. The minimum absolute atomic E-state index is 0.375. The molecule has 18 heavy (non-hydrogen) atoms. The number of hydrogen-bond donors (Lipinski definition) is 0. The molecule has 0 aromatic carbocycles. The van der Waals surface area contributed by atoms with Gasteiger partial charge in [0.2, 0.25) is 5.91 Å². The zero-order chi connectivity index (χ0) is 12.8. The molecule has 1 unspecified atom stereocenters. The number of hydrogen-bond acceptors (Lipinski definition) is 2. The Bertz CT molecular complexity index is 267. The molecule has 1 amide bonds. The fraction of sp³-hybridized carbons (Fsp3) is 0.929. The number of amides is 1. The number of unbranched alkanes of at least 4 members (excludes halogenated alkanes) is 1. The third-order valence-corrected chi connectivity index (χ3v) is 4.74. The maximum atomic E-state index is 12.1. The van der Waals surface area contributed by atoms with Crippen molar-refractivity contribution in [3.8, 4) is 0 Å². The normalized spacial score (nSPS) is 25.6. The fourth-order valence-corrected chi connectivity index (χ4v) is 3.51. The molecule has 2 aliphatic heterocycles. The van der Waals surface area contributed by atoms with Crippen molar-refractivity contribution in [2.24, 2.45) is 0 Å². The number of carbonyl (C=O) groups excluding carboxylic acids is 1. The van der Waals surface area contributed by atoms with Crippen LogP contribution in [0.4, 0.5) is 0 Å². The van der Waals surface area contributed by atoms with Crippen molar-refractivity contribution in [2.75, 3.05) is 31.5 Å². The summed E-state index contributed by atoms with van der Waals surface area (Å²) >= 11 is 3.42. The van der Waals surface area contributed by atoms with E-state index in [1.165, 1.54) is 38.8 Å². The van der Waals surface area contributed by atoms with Crippen molar-refractivity contribution in [3.63, 3.8) is 0 Å². The summed E-state index contributed by atoms with van der Waals surface area (Å²) < 4.78 is 0. The molecule has 2 heterocycles. The van der Waals surface area contributed by atoms with Crippen LogP contribution >= 0.6 is 15.9 Å². The first-order valence-corrected chi connectivity index (χ1v) is 8.51. The van der Waals surface area contributed by atoms with Gasteiger partial charge in [-0.05, 0) is 51.6 Å². The highest BCUT2D eigenvalue weighted by Gasteiger charge is 2.28. The molecule has 104 valence electrons. The monoisotopic (exact) mass is 316 g/mol. The van der Waals surface area contributed by atoms with E-state index >= 15 is 0 Å². The summed E-state index contributed by atoms with van der Waals surface area (Å²) in [5, 5.41) is 1.01. The molecule has 0 aliphatic carbocycles. The van der Waals surface area contributed by atoms with Gasteiger partial charge in [0.1, 0.15) is 0 Å². The average molecular weight is 317 g/mol. The van der Waals surface area contributed by atoms with Crippen molar-refractivity contribution in [3.05, 3.63) is 0 Å². The van der Waals surface area contributed by atoms with Gasteiger partial charge in [-0.15, -0.1) is 0 Å². The van der Waals surface area contributed by atoms with Crippen LogP contribution < -0.4 is 0 Å². The molecule has 1 atom stereocenters. The largest absolute Gasteiger partial charge is 0.341 e. The van der Waals surface area contributed by atoms with Crippen LogP contribution in [0.5, 0.6) is 0 Å². The summed E-state index contributed by atoms with van der Waals surface area (Å²) in [6.45, 7) is 4.46. The Labute approximate surface area is 119 Å². The standard InChI is InChI=1S/C14H25BrN2O/c15-8-2-1-7-14(18)17-11-5-6-13(12-17)16-9-3-4-10-16/h13H,1-12H2. The van der Waals surface area contributed by atoms with Gasteiger partial charge in [-0.25, -0.2) is 0 Å². The Morgan fingerprint density at radius 3 is 2.61 bits per heavy atom. The molecule has 4 heteroatoms. The molecular formula is C14H25BrN2O. The maximum Gasteiger partial charge on any atom is 0.222 e. The number of nitrogens with zero attached hydrogens (tertiary/aromatic N) is 2. The number of rotatable bonds is 5. The minimum Gasteiger partial charge on any atom is -0.341 e. The Morgan fingerprint density at radius 2 is 1.89 bits per heavy atom. The summed E-state index contributed by atoms with van der Waals surface area (Å²) in [4.78, 5) is 16.8. The van der Waals surface area contributed by atoms with Gasteiger partial charge in [0, 0.05) is 30.9 Å². The number of alkyl halides is 1. The van der Waals surface area contributed by atoms with Crippen LogP contribution in [0.2, 0.25) is 0 Å². The lowest BCUT2D eigenvalue weighted by molar-refractivity contribution is -0.133. The quantitative estimate of drug-likeness (QED) is 0.575. The van der Waals surface area contributed by atoms with Gasteiger partial charge in [0.15, 0.2) is 0 Å². The van der Waals surface area contributed by atoms with Crippen LogP contribution in [0, 0.1) is 0 Å². The van der Waals surface area contributed by atoms with Gasteiger partial charge in [-0.3, -0.25) is 9.69 Å². The van der Waals surface area contributed by atoms with Gasteiger partial charge < -0.3 is 4.90 Å². The van der Waals surface area contributed by atoms with Crippen molar-refractivity contribution in [1.82, 2.24) is 9.80 Å². The lowest BCUT2D eigenvalue weighted by atomic mass is 10.0. The second-order valence-electron chi connectivity index (χ2n) is 5.52. The Balaban J connectivity index is 1.76. The third-order valence-electron chi connectivity index (χ3n) is 4.18. The number of piperidine rings is 1. The predicted octanol–water partition coefficient (Wildman–Crippen LogP) is 2.64. The fourth-order valence-electron chi connectivity index (χ4n) is 3.11. The van der Waals surface area contributed by atoms with Crippen molar-refractivity contribution < 1.29 is 4.79 Å². The van der Waals surface area contributed by atoms with E-state index in [2.05, 4.69) is 25.7 Å². The first kappa shape index (κ1) is 14.3. The zero-order valence-corrected chi connectivity index (χ0v) is 12.8. The Kier molecular flexibility index (Phi) is 5.96. The highest BCUT2D eigenvalue weighted by molar-refractivity contribution is 9.09. The molecule has 0 saturated carbocycles. The van der Waals surface area contributed by atoms with E-state index in [0.717, 1.165) is 37.7 Å². The number of carbonyl (C=O) groups is 1. The molecule has 0 aromatic heterocycles.